The van der Waals surface area contributed by atoms with Gasteiger partial charge in [0.15, 0.2) is 0 Å². The van der Waals surface area contributed by atoms with Gasteiger partial charge in [0.1, 0.15) is 0 Å². The fourth-order valence-corrected chi connectivity index (χ4v) is 0.914. The molecule has 0 atom stereocenters. The number of carbonyl (C=O) groups excluding carboxylic acids is 2. The summed E-state index contributed by atoms with van der Waals surface area (Å²) in [4.78, 5) is 30.2. The Kier molecular flexibility index (Phi) is 1.33. The first-order valence-electron chi connectivity index (χ1n) is 3.30. The number of rotatable bonds is 0. The van der Waals surface area contributed by atoms with E-state index in [4.69, 9.17) is 0 Å². The van der Waals surface area contributed by atoms with Gasteiger partial charge in [-0.2, -0.15) is 0 Å². The van der Waals surface area contributed by atoms with E-state index < -0.39 is 11.9 Å². The highest BCUT2D eigenvalue weighted by atomic mass is 17.2. The predicted octanol–water partition coefficient (Wildman–Crippen LogP) is 0.929. The normalized spacial score (nSPS) is 14.7. The molecule has 1 aromatic carbocycles. The van der Waals surface area contributed by atoms with Crippen molar-refractivity contribution in [1.29, 1.82) is 0 Å². The van der Waals surface area contributed by atoms with Crippen LogP contribution in [0.15, 0.2) is 24.3 Å². The summed E-state index contributed by atoms with van der Waals surface area (Å²) in [7, 11) is 0. The molecule has 4 heteroatoms. The average molecular weight is 164 g/mol. The first kappa shape index (κ1) is 6.84. The minimum atomic E-state index is -0.658. The smallest absolute Gasteiger partial charge is 0.242 e. The van der Waals surface area contributed by atoms with Gasteiger partial charge in [0.2, 0.25) is 0 Å². The van der Waals surface area contributed by atoms with Gasteiger partial charge in [0.05, 0.1) is 11.1 Å². The summed E-state index contributed by atoms with van der Waals surface area (Å²) in [6, 6.07) is 6.05. The lowest BCUT2D eigenvalue weighted by atomic mass is 10.1. The molecule has 1 aromatic rings. The zero-order valence-corrected chi connectivity index (χ0v) is 5.94. The number of fused-ring (bicyclic) bond motifs is 5. The highest BCUT2D eigenvalue weighted by Crippen LogP contribution is 2.11. The predicted molar refractivity (Wildman–Crippen MR) is 37.3 cm³/mol. The fraction of sp³-hybridized carbons (Fsp3) is 0. The third kappa shape index (κ3) is 0.934. The van der Waals surface area contributed by atoms with Crippen LogP contribution in [0.1, 0.15) is 20.7 Å². The third-order valence-electron chi connectivity index (χ3n) is 1.55. The first-order valence-corrected chi connectivity index (χ1v) is 3.30. The molecule has 0 fully saturated rings. The molecule has 4 nitrogen and oxygen atoms in total. The van der Waals surface area contributed by atoms with Crippen LogP contribution < -0.4 is 0 Å². The molecular weight excluding hydrogens is 160 g/mol. The van der Waals surface area contributed by atoms with Gasteiger partial charge in [-0.15, -0.1) is 0 Å². The lowest BCUT2D eigenvalue weighted by Gasteiger charge is -2.07. The van der Waals surface area contributed by atoms with Crippen molar-refractivity contribution in [3.63, 3.8) is 0 Å². The van der Waals surface area contributed by atoms with Gasteiger partial charge in [-0.05, 0) is 24.3 Å². The van der Waals surface area contributed by atoms with Crippen molar-refractivity contribution in [3.05, 3.63) is 35.4 Å². The molecule has 0 spiro atoms. The quantitative estimate of drug-likeness (QED) is 0.535. The van der Waals surface area contributed by atoms with Crippen molar-refractivity contribution in [1.82, 2.24) is 0 Å². The van der Waals surface area contributed by atoms with Gasteiger partial charge in [0.25, 0.3) is 0 Å². The SMILES string of the molecule is O=C1OOC(=O)c2ccc1cc2. The second kappa shape index (κ2) is 2.34. The Bertz CT molecular complexity index is 304. The van der Waals surface area contributed by atoms with Crippen LogP contribution in [0.4, 0.5) is 0 Å². The van der Waals surface area contributed by atoms with E-state index in [0.29, 0.717) is 11.1 Å². The van der Waals surface area contributed by atoms with E-state index in [1.165, 1.54) is 24.3 Å². The molecule has 0 aliphatic carbocycles. The molecule has 2 aliphatic heterocycles. The molecule has 2 aliphatic rings. The first-order chi connectivity index (χ1) is 5.77. The minimum Gasteiger partial charge on any atom is -0.242 e. The standard InChI is InChI=1S/C8H4O4/c9-7-5-1-2-6(4-3-5)8(10)12-11-7/h1-4H. The topological polar surface area (TPSA) is 52.6 Å². The second-order valence-electron chi connectivity index (χ2n) is 2.32. The van der Waals surface area contributed by atoms with Crippen molar-refractivity contribution >= 4 is 11.9 Å². The maximum Gasteiger partial charge on any atom is 0.386 e. The molecule has 0 aromatic heterocycles. The molecule has 0 saturated heterocycles. The molecule has 60 valence electrons. The number of carbonyl (C=O) groups is 2. The molecule has 0 amide bonds. The van der Waals surface area contributed by atoms with Crippen LogP contribution in [0.5, 0.6) is 0 Å². The van der Waals surface area contributed by atoms with E-state index in [1.807, 2.05) is 0 Å². The maximum absolute atomic E-state index is 10.9. The number of hydrogen-bond donors (Lipinski definition) is 0. The van der Waals surface area contributed by atoms with Gasteiger partial charge in [-0.1, -0.05) is 0 Å². The summed E-state index contributed by atoms with van der Waals surface area (Å²) in [6.07, 6.45) is 0. The van der Waals surface area contributed by atoms with Gasteiger partial charge in [-0.3, -0.25) is 0 Å². The van der Waals surface area contributed by atoms with Gasteiger partial charge >= 0.3 is 11.9 Å². The summed E-state index contributed by atoms with van der Waals surface area (Å²) < 4.78 is 0. The summed E-state index contributed by atoms with van der Waals surface area (Å²) >= 11 is 0. The summed E-state index contributed by atoms with van der Waals surface area (Å²) in [6.45, 7) is 0. The van der Waals surface area contributed by atoms with Crippen molar-refractivity contribution in [2.45, 2.75) is 0 Å². The van der Waals surface area contributed by atoms with E-state index in [0.717, 1.165) is 0 Å². The van der Waals surface area contributed by atoms with Gasteiger partial charge < -0.3 is 0 Å². The summed E-state index contributed by atoms with van der Waals surface area (Å²) in [5, 5.41) is 0. The summed E-state index contributed by atoms with van der Waals surface area (Å²) in [5.74, 6) is -1.32. The van der Waals surface area contributed by atoms with E-state index in [9.17, 15) is 9.59 Å². The molecule has 0 saturated carbocycles. The van der Waals surface area contributed by atoms with Crippen LogP contribution in [0.2, 0.25) is 0 Å². The van der Waals surface area contributed by atoms with E-state index in [-0.39, 0.29) is 0 Å². The molecule has 0 N–H and O–H groups in total. The van der Waals surface area contributed by atoms with Crippen molar-refractivity contribution in [3.8, 4) is 0 Å². The Morgan fingerprint density at radius 3 is 1.42 bits per heavy atom. The molecule has 2 heterocycles. The Labute approximate surface area is 67.6 Å². The molecule has 3 rings (SSSR count). The number of benzene rings is 1. The lowest BCUT2D eigenvalue weighted by molar-refractivity contribution is -0.188. The lowest BCUT2D eigenvalue weighted by Crippen LogP contribution is -2.15. The molecular formula is C8H4O4. The molecule has 0 radical (unpaired) electrons. The summed E-state index contributed by atoms with van der Waals surface area (Å²) in [5.41, 5.74) is 0.734. The highest BCUT2D eigenvalue weighted by molar-refractivity contribution is 5.95. The van der Waals surface area contributed by atoms with Crippen molar-refractivity contribution in [2.24, 2.45) is 0 Å². The van der Waals surface area contributed by atoms with E-state index in [1.54, 1.807) is 0 Å². The van der Waals surface area contributed by atoms with Gasteiger partial charge in [0, 0.05) is 0 Å². The van der Waals surface area contributed by atoms with Crippen LogP contribution in [0.3, 0.4) is 0 Å². The van der Waals surface area contributed by atoms with Crippen LogP contribution in [0.25, 0.3) is 0 Å². The van der Waals surface area contributed by atoms with Crippen LogP contribution in [0, 0.1) is 0 Å². The van der Waals surface area contributed by atoms with Crippen LogP contribution in [-0.2, 0) is 9.78 Å². The van der Waals surface area contributed by atoms with Crippen molar-refractivity contribution < 1.29 is 19.4 Å². The van der Waals surface area contributed by atoms with Crippen LogP contribution in [-0.4, -0.2) is 11.9 Å². The zero-order chi connectivity index (χ0) is 8.55. The average Bonchev–Trinajstić information content (AvgIpc) is 2.12. The zero-order valence-electron chi connectivity index (χ0n) is 5.94. The Morgan fingerprint density at radius 1 is 0.750 bits per heavy atom. The minimum absolute atomic E-state index is 0.367. The number of hydrogen-bond acceptors (Lipinski definition) is 4. The van der Waals surface area contributed by atoms with E-state index >= 15 is 0 Å². The van der Waals surface area contributed by atoms with Crippen LogP contribution >= 0.6 is 0 Å². The highest BCUT2D eigenvalue weighted by Gasteiger charge is 2.18. The Balaban J connectivity index is 2.57. The maximum atomic E-state index is 10.9. The largest absolute Gasteiger partial charge is 0.386 e. The molecule has 2 bridgehead atoms. The van der Waals surface area contributed by atoms with Gasteiger partial charge in [-0.25, -0.2) is 19.4 Å². The van der Waals surface area contributed by atoms with Crippen molar-refractivity contribution in [2.75, 3.05) is 0 Å². The Hall–Kier alpha value is -1.84. The monoisotopic (exact) mass is 164 g/mol. The van der Waals surface area contributed by atoms with E-state index in [2.05, 4.69) is 9.78 Å². The Morgan fingerprint density at radius 2 is 1.08 bits per heavy atom. The third-order valence-corrected chi connectivity index (χ3v) is 1.55. The molecule has 12 heavy (non-hydrogen) atoms. The second-order valence-corrected chi connectivity index (χ2v) is 2.32. The molecule has 0 unspecified atom stereocenters. The fourth-order valence-electron chi connectivity index (χ4n) is 0.914.